The molecule has 5 heteroatoms. The summed E-state index contributed by atoms with van der Waals surface area (Å²) in [5.74, 6) is -0.101. The van der Waals surface area contributed by atoms with Gasteiger partial charge < -0.3 is 14.4 Å². The van der Waals surface area contributed by atoms with Crippen LogP contribution in [0.4, 0.5) is 0 Å². The average Bonchev–Trinajstić information content (AvgIpc) is 3.01. The number of rotatable bonds is 5. The number of ether oxygens (including phenoxy) is 2. The minimum atomic E-state index is -0.752. The molecular formula is C23H29NO4. The number of carbonyl (C=O) groups excluding carboxylic acids is 2. The number of nitrogens with zero attached hydrogens (tertiary/aromatic N) is 1. The Morgan fingerprint density at radius 2 is 1.57 bits per heavy atom. The third-order valence-electron chi connectivity index (χ3n) is 5.48. The number of esters is 1. The first kappa shape index (κ1) is 20.2. The van der Waals surface area contributed by atoms with E-state index < -0.39 is 12.0 Å². The molecule has 1 amide bonds. The molecule has 5 nitrogen and oxygen atoms in total. The molecule has 2 aromatic carbocycles. The summed E-state index contributed by atoms with van der Waals surface area (Å²) >= 11 is 0. The van der Waals surface area contributed by atoms with Gasteiger partial charge in [-0.05, 0) is 55.2 Å². The lowest BCUT2D eigenvalue weighted by Crippen LogP contribution is -2.40. The van der Waals surface area contributed by atoms with Gasteiger partial charge in [-0.2, -0.15) is 0 Å². The smallest absolute Gasteiger partial charge is 0.313 e. The van der Waals surface area contributed by atoms with E-state index >= 15 is 0 Å². The number of hydrogen-bond donors (Lipinski definition) is 0. The number of benzene rings is 2. The van der Waals surface area contributed by atoms with Crippen molar-refractivity contribution in [3.05, 3.63) is 42.0 Å². The molecule has 3 rings (SSSR count). The molecule has 0 unspecified atom stereocenters. The van der Waals surface area contributed by atoms with E-state index in [2.05, 4.69) is 0 Å². The molecule has 1 saturated heterocycles. The van der Waals surface area contributed by atoms with Crippen molar-refractivity contribution >= 4 is 22.6 Å². The average molecular weight is 383 g/mol. The molecule has 1 fully saturated rings. The molecule has 28 heavy (non-hydrogen) atoms. The van der Waals surface area contributed by atoms with Gasteiger partial charge in [0.25, 0.3) is 5.91 Å². The number of fused-ring (bicyclic) bond motifs is 1. The van der Waals surface area contributed by atoms with Crippen LogP contribution in [-0.2, 0) is 14.3 Å². The summed E-state index contributed by atoms with van der Waals surface area (Å²) in [5.41, 5.74) is 0.872. The predicted octanol–water partition coefficient (Wildman–Crippen LogP) is 4.29. The van der Waals surface area contributed by atoms with Gasteiger partial charge >= 0.3 is 5.97 Å². The van der Waals surface area contributed by atoms with Gasteiger partial charge in [-0.15, -0.1) is 0 Å². The molecule has 0 bridgehead atoms. The van der Waals surface area contributed by atoms with E-state index in [1.54, 1.807) is 14.0 Å². The van der Waals surface area contributed by atoms with Gasteiger partial charge in [-0.25, -0.2) is 0 Å². The maximum Gasteiger partial charge on any atom is 0.313 e. The van der Waals surface area contributed by atoms with Crippen LogP contribution in [0.15, 0.2) is 36.4 Å². The van der Waals surface area contributed by atoms with Gasteiger partial charge in [0, 0.05) is 13.1 Å². The third-order valence-corrected chi connectivity index (χ3v) is 5.48. The van der Waals surface area contributed by atoms with E-state index in [-0.39, 0.29) is 11.9 Å². The Balaban J connectivity index is 1.66. The molecule has 0 aromatic heterocycles. The summed E-state index contributed by atoms with van der Waals surface area (Å²) in [6.07, 6.45) is 3.60. The summed E-state index contributed by atoms with van der Waals surface area (Å²) in [7, 11) is 1.64. The van der Waals surface area contributed by atoms with Crippen LogP contribution in [0.25, 0.3) is 10.8 Å². The van der Waals surface area contributed by atoms with E-state index in [0.29, 0.717) is 0 Å². The Kier molecular flexibility index (Phi) is 6.55. The quantitative estimate of drug-likeness (QED) is 0.723. The standard InChI is InChI=1S/C23H29NO4/c1-16(18-8-9-20-15-21(27-3)11-10-19(20)14-18)23(26)28-17(2)22(25)24-12-6-4-5-7-13-24/h8-11,14-17H,4-7,12-13H2,1-3H3/t16-,17-/m0/s1. The second-order valence-corrected chi connectivity index (χ2v) is 7.51. The highest BCUT2D eigenvalue weighted by Crippen LogP contribution is 2.26. The molecule has 0 N–H and O–H groups in total. The van der Waals surface area contributed by atoms with Crippen LogP contribution < -0.4 is 4.74 Å². The van der Waals surface area contributed by atoms with Crippen molar-refractivity contribution in [3.8, 4) is 5.75 Å². The number of amides is 1. The molecule has 0 saturated carbocycles. The summed E-state index contributed by atoms with van der Waals surface area (Å²) in [6, 6.07) is 11.7. The topological polar surface area (TPSA) is 55.8 Å². The molecule has 0 radical (unpaired) electrons. The maximum absolute atomic E-state index is 12.6. The predicted molar refractivity (Wildman–Crippen MR) is 110 cm³/mol. The van der Waals surface area contributed by atoms with Crippen molar-refractivity contribution in [2.24, 2.45) is 0 Å². The van der Waals surface area contributed by atoms with Gasteiger partial charge in [0.15, 0.2) is 6.10 Å². The zero-order valence-corrected chi connectivity index (χ0v) is 16.9. The number of hydrogen-bond acceptors (Lipinski definition) is 4. The van der Waals surface area contributed by atoms with Crippen molar-refractivity contribution in [2.45, 2.75) is 51.6 Å². The fourth-order valence-corrected chi connectivity index (χ4v) is 3.65. The van der Waals surface area contributed by atoms with E-state index in [4.69, 9.17) is 9.47 Å². The van der Waals surface area contributed by atoms with Crippen LogP contribution in [0.1, 0.15) is 51.0 Å². The highest BCUT2D eigenvalue weighted by molar-refractivity contribution is 5.88. The highest BCUT2D eigenvalue weighted by atomic mass is 16.5. The molecule has 2 atom stereocenters. The van der Waals surface area contributed by atoms with Gasteiger partial charge in [0.2, 0.25) is 0 Å². The van der Waals surface area contributed by atoms with Crippen molar-refractivity contribution in [3.63, 3.8) is 0 Å². The van der Waals surface area contributed by atoms with Crippen LogP contribution in [0, 0.1) is 0 Å². The second kappa shape index (κ2) is 9.09. The Hall–Kier alpha value is -2.56. The first-order chi connectivity index (χ1) is 13.5. The fraction of sp³-hybridized carbons (Fsp3) is 0.478. The van der Waals surface area contributed by atoms with Gasteiger partial charge in [-0.1, -0.05) is 37.1 Å². The molecule has 2 aromatic rings. The van der Waals surface area contributed by atoms with Crippen molar-refractivity contribution < 1.29 is 19.1 Å². The molecule has 0 spiro atoms. The normalized spacial score (nSPS) is 16.9. The largest absolute Gasteiger partial charge is 0.497 e. The van der Waals surface area contributed by atoms with Crippen LogP contribution >= 0.6 is 0 Å². The third kappa shape index (κ3) is 4.64. The van der Waals surface area contributed by atoms with Gasteiger partial charge in [-0.3, -0.25) is 9.59 Å². The van der Waals surface area contributed by atoms with Crippen LogP contribution in [-0.4, -0.2) is 43.1 Å². The lowest BCUT2D eigenvalue weighted by molar-refractivity contribution is -0.160. The van der Waals surface area contributed by atoms with E-state index in [0.717, 1.165) is 60.9 Å². The van der Waals surface area contributed by atoms with Gasteiger partial charge in [0.05, 0.1) is 13.0 Å². The first-order valence-electron chi connectivity index (χ1n) is 10.1. The Bertz CT molecular complexity index is 840. The van der Waals surface area contributed by atoms with E-state index in [1.807, 2.05) is 48.2 Å². The molecule has 1 heterocycles. The van der Waals surface area contributed by atoms with Crippen molar-refractivity contribution in [1.29, 1.82) is 0 Å². The lowest BCUT2D eigenvalue weighted by Gasteiger charge is -2.25. The van der Waals surface area contributed by atoms with Crippen LogP contribution in [0.2, 0.25) is 0 Å². The Morgan fingerprint density at radius 1 is 0.929 bits per heavy atom. The molecule has 1 aliphatic rings. The lowest BCUT2D eigenvalue weighted by atomic mass is 9.98. The number of methoxy groups -OCH3 is 1. The molecule has 0 aliphatic carbocycles. The first-order valence-corrected chi connectivity index (χ1v) is 10.1. The zero-order chi connectivity index (χ0) is 20.1. The maximum atomic E-state index is 12.6. The SMILES string of the molecule is COc1ccc2cc([C@H](C)C(=O)O[C@@H](C)C(=O)N3CCCCCC3)ccc2c1. The van der Waals surface area contributed by atoms with Gasteiger partial charge in [0.1, 0.15) is 5.75 Å². The van der Waals surface area contributed by atoms with E-state index in [1.165, 1.54) is 0 Å². The van der Waals surface area contributed by atoms with Crippen molar-refractivity contribution in [2.75, 3.05) is 20.2 Å². The molecule has 1 aliphatic heterocycles. The van der Waals surface area contributed by atoms with Crippen LogP contribution in [0.5, 0.6) is 5.75 Å². The summed E-state index contributed by atoms with van der Waals surface area (Å²) in [6.45, 7) is 5.00. The highest BCUT2D eigenvalue weighted by Gasteiger charge is 2.27. The monoisotopic (exact) mass is 383 g/mol. The molecular weight excluding hydrogens is 354 g/mol. The summed E-state index contributed by atoms with van der Waals surface area (Å²) in [4.78, 5) is 27.1. The van der Waals surface area contributed by atoms with Crippen LogP contribution in [0.3, 0.4) is 0 Å². The number of carbonyl (C=O) groups is 2. The Morgan fingerprint density at radius 3 is 2.25 bits per heavy atom. The minimum absolute atomic E-state index is 0.0898. The minimum Gasteiger partial charge on any atom is -0.497 e. The zero-order valence-electron chi connectivity index (χ0n) is 16.9. The van der Waals surface area contributed by atoms with E-state index in [9.17, 15) is 9.59 Å². The number of likely N-dealkylation sites (tertiary alicyclic amines) is 1. The summed E-state index contributed by atoms with van der Waals surface area (Å²) < 4.78 is 10.8. The van der Waals surface area contributed by atoms with Crippen molar-refractivity contribution in [1.82, 2.24) is 4.90 Å². The molecule has 150 valence electrons. The second-order valence-electron chi connectivity index (χ2n) is 7.51. The fourth-order valence-electron chi connectivity index (χ4n) is 3.65. The Labute approximate surface area is 166 Å². The summed E-state index contributed by atoms with van der Waals surface area (Å²) in [5, 5.41) is 2.08.